The number of carbonyl (C=O) groups excluding carboxylic acids is 2. The largest absolute Gasteiger partial charge is 0.492 e. The molecule has 1 heterocycles. The molecule has 0 bridgehead atoms. The number of para-hydroxylation sites is 1. The fourth-order valence-corrected chi connectivity index (χ4v) is 1.84. The molecule has 1 aromatic carbocycles. The molecule has 5 heteroatoms. The van der Waals surface area contributed by atoms with Crippen LogP contribution in [0.15, 0.2) is 35.4 Å². The van der Waals surface area contributed by atoms with Crippen molar-refractivity contribution in [2.45, 2.75) is 20.8 Å². The van der Waals surface area contributed by atoms with Crippen LogP contribution in [0, 0.1) is 5.41 Å². The van der Waals surface area contributed by atoms with Gasteiger partial charge in [0.2, 0.25) is 0 Å². The molecule has 0 saturated heterocycles. The van der Waals surface area contributed by atoms with Crippen LogP contribution >= 0.6 is 0 Å². The van der Waals surface area contributed by atoms with Crippen molar-refractivity contribution < 1.29 is 14.3 Å². The SMILES string of the molecule is CC(C)(C)C1=NN(CCOc2ccccc2)C(=O)C1=O. The van der Waals surface area contributed by atoms with E-state index in [0.717, 1.165) is 5.75 Å². The van der Waals surface area contributed by atoms with E-state index in [9.17, 15) is 9.59 Å². The summed E-state index contributed by atoms with van der Waals surface area (Å²) in [6.45, 7) is 6.14. The van der Waals surface area contributed by atoms with Crippen LogP contribution in [0.5, 0.6) is 5.75 Å². The van der Waals surface area contributed by atoms with E-state index in [4.69, 9.17) is 4.74 Å². The maximum atomic E-state index is 11.8. The van der Waals surface area contributed by atoms with Gasteiger partial charge in [-0.25, -0.2) is 5.01 Å². The Bertz CT molecular complexity index is 544. The minimum Gasteiger partial charge on any atom is -0.492 e. The van der Waals surface area contributed by atoms with Crippen LogP contribution in [-0.2, 0) is 9.59 Å². The second-order valence-corrected chi connectivity index (χ2v) is 5.62. The van der Waals surface area contributed by atoms with Crippen molar-refractivity contribution in [3.63, 3.8) is 0 Å². The van der Waals surface area contributed by atoms with Gasteiger partial charge in [0, 0.05) is 5.41 Å². The molecular formula is C15H18N2O3. The van der Waals surface area contributed by atoms with Crippen molar-refractivity contribution in [3.8, 4) is 5.75 Å². The molecule has 5 nitrogen and oxygen atoms in total. The van der Waals surface area contributed by atoms with Gasteiger partial charge < -0.3 is 4.74 Å². The van der Waals surface area contributed by atoms with Crippen LogP contribution in [-0.4, -0.2) is 35.6 Å². The third-order valence-corrected chi connectivity index (χ3v) is 2.89. The number of hydrazone groups is 1. The normalized spacial score (nSPS) is 15.6. The lowest BCUT2D eigenvalue weighted by atomic mass is 9.88. The summed E-state index contributed by atoms with van der Waals surface area (Å²) in [5, 5.41) is 5.31. The van der Waals surface area contributed by atoms with Crippen LogP contribution in [0.2, 0.25) is 0 Å². The maximum Gasteiger partial charge on any atom is 0.316 e. The maximum absolute atomic E-state index is 11.8. The fraction of sp³-hybridized carbons (Fsp3) is 0.400. The molecule has 0 aromatic heterocycles. The first-order chi connectivity index (χ1) is 9.39. The predicted octanol–water partition coefficient (Wildman–Crippen LogP) is 1.88. The van der Waals surface area contributed by atoms with Crippen molar-refractivity contribution in [2.24, 2.45) is 10.5 Å². The van der Waals surface area contributed by atoms with Gasteiger partial charge in [0.25, 0.3) is 5.78 Å². The minimum atomic E-state index is -0.577. The highest BCUT2D eigenvalue weighted by atomic mass is 16.5. The second-order valence-electron chi connectivity index (χ2n) is 5.62. The number of amides is 1. The Balaban J connectivity index is 1.95. The number of hydrogen-bond donors (Lipinski definition) is 0. The van der Waals surface area contributed by atoms with E-state index in [1.807, 2.05) is 51.1 Å². The highest BCUT2D eigenvalue weighted by molar-refractivity contribution is 6.67. The molecule has 0 aliphatic carbocycles. The van der Waals surface area contributed by atoms with Crippen LogP contribution in [0.3, 0.4) is 0 Å². The van der Waals surface area contributed by atoms with Gasteiger partial charge in [-0.2, -0.15) is 5.10 Å². The molecule has 1 aliphatic rings. The Morgan fingerprint density at radius 1 is 1.15 bits per heavy atom. The average Bonchev–Trinajstić information content (AvgIpc) is 2.68. The summed E-state index contributed by atoms with van der Waals surface area (Å²) in [5.41, 5.74) is -0.121. The average molecular weight is 274 g/mol. The lowest BCUT2D eigenvalue weighted by Crippen LogP contribution is -2.33. The number of benzene rings is 1. The molecule has 20 heavy (non-hydrogen) atoms. The molecular weight excluding hydrogens is 256 g/mol. The van der Waals surface area contributed by atoms with Gasteiger partial charge in [-0.1, -0.05) is 39.0 Å². The zero-order valence-corrected chi connectivity index (χ0v) is 11.9. The highest BCUT2D eigenvalue weighted by Gasteiger charge is 2.39. The van der Waals surface area contributed by atoms with Gasteiger partial charge in [-0.15, -0.1) is 0 Å². The molecule has 1 amide bonds. The van der Waals surface area contributed by atoms with Crippen LogP contribution in [0.4, 0.5) is 0 Å². The summed E-state index contributed by atoms with van der Waals surface area (Å²) in [4.78, 5) is 23.6. The van der Waals surface area contributed by atoms with E-state index in [-0.39, 0.29) is 6.54 Å². The Kier molecular flexibility index (Phi) is 3.88. The van der Waals surface area contributed by atoms with Gasteiger partial charge >= 0.3 is 5.91 Å². The molecule has 0 fully saturated rings. The lowest BCUT2D eigenvalue weighted by molar-refractivity contribution is -0.140. The number of nitrogens with zero attached hydrogens (tertiary/aromatic N) is 2. The third kappa shape index (κ3) is 3.04. The Morgan fingerprint density at radius 2 is 1.80 bits per heavy atom. The van der Waals surface area contributed by atoms with E-state index in [2.05, 4.69) is 5.10 Å². The molecule has 1 aromatic rings. The van der Waals surface area contributed by atoms with Gasteiger partial charge in [0.1, 0.15) is 18.1 Å². The zero-order valence-electron chi connectivity index (χ0n) is 11.9. The standard InChI is InChI=1S/C15H18N2O3/c1-15(2,3)13-12(18)14(19)17(16-13)9-10-20-11-7-5-4-6-8-11/h4-8H,9-10H2,1-3H3. The van der Waals surface area contributed by atoms with E-state index in [0.29, 0.717) is 12.3 Å². The van der Waals surface area contributed by atoms with E-state index < -0.39 is 17.1 Å². The molecule has 0 radical (unpaired) electrons. The molecule has 0 spiro atoms. The van der Waals surface area contributed by atoms with Crippen molar-refractivity contribution in [1.82, 2.24) is 5.01 Å². The molecule has 0 unspecified atom stereocenters. The molecule has 106 valence electrons. The summed E-state index contributed by atoms with van der Waals surface area (Å²) in [7, 11) is 0. The first-order valence-electron chi connectivity index (χ1n) is 6.53. The summed E-state index contributed by atoms with van der Waals surface area (Å²) in [6.07, 6.45) is 0. The quantitative estimate of drug-likeness (QED) is 0.788. The Morgan fingerprint density at radius 3 is 2.35 bits per heavy atom. The van der Waals surface area contributed by atoms with Crippen LogP contribution in [0.25, 0.3) is 0 Å². The summed E-state index contributed by atoms with van der Waals surface area (Å²) in [6, 6.07) is 9.31. The van der Waals surface area contributed by atoms with Crippen LogP contribution in [0.1, 0.15) is 20.8 Å². The number of ketones is 1. The number of hydrogen-bond acceptors (Lipinski definition) is 4. The topological polar surface area (TPSA) is 59.0 Å². The Hall–Kier alpha value is -2.17. The van der Waals surface area contributed by atoms with Gasteiger partial charge in [0.05, 0.1) is 6.54 Å². The van der Waals surface area contributed by atoms with Crippen LogP contribution < -0.4 is 4.74 Å². The molecule has 1 aliphatic heterocycles. The number of Topliss-reactive ketones (excluding diaryl/α,β-unsaturated/α-hetero) is 1. The fourth-order valence-electron chi connectivity index (χ4n) is 1.84. The number of rotatable bonds is 4. The predicted molar refractivity (Wildman–Crippen MR) is 75.5 cm³/mol. The van der Waals surface area contributed by atoms with Crippen molar-refractivity contribution in [1.29, 1.82) is 0 Å². The number of ether oxygens (including phenoxy) is 1. The third-order valence-electron chi connectivity index (χ3n) is 2.89. The monoisotopic (exact) mass is 274 g/mol. The smallest absolute Gasteiger partial charge is 0.316 e. The van der Waals surface area contributed by atoms with Gasteiger partial charge in [-0.05, 0) is 12.1 Å². The first-order valence-corrected chi connectivity index (χ1v) is 6.53. The van der Waals surface area contributed by atoms with Gasteiger partial charge in [0.15, 0.2) is 0 Å². The number of carbonyl (C=O) groups is 2. The van der Waals surface area contributed by atoms with E-state index >= 15 is 0 Å². The molecule has 0 saturated carbocycles. The van der Waals surface area contributed by atoms with Crippen molar-refractivity contribution >= 4 is 17.4 Å². The van der Waals surface area contributed by atoms with Crippen molar-refractivity contribution in [3.05, 3.63) is 30.3 Å². The summed E-state index contributed by atoms with van der Waals surface area (Å²) >= 11 is 0. The summed E-state index contributed by atoms with van der Waals surface area (Å²) < 4.78 is 5.50. The summed E-state index contributed by atoms with van der Waals surface area (Å²) in [5.74, 6) is -0.366. The molecule has 0 N–H and O–H groups in total. The highest BCUT2D eigenvalue weighted by Crippen LogP contribution is 2.22. The lowest BCUT2D eigenvalue weighted by Gasteiger charge is -2.15. The first kappa shape index (κ1) is 14.2. The van der Waals surface area contributed by atoms with E-state index in [1.54, 1.807) is 0 Å². The van der Waals surface area contributed by atoms with E-state index in [1.165, 1.54) is 5.01 Å². The Labute approximate surface area is 118 Å². The molecule has 2 rings (SSSR count). The van der Waals surface area contributed by atoms with Crippen molar-refractivity contribution in [2.75, 3.05) is 13.2 Å². The second kappa shape index (κ2) is 5.45. The molecule has 0 atom stereocenters. The minimum absolute atomic E-state index is 0.263. The van der Waals surface area contributed by atoms with Gasteiger partial charge in [-0.3, -0.25) is 9.59 Å². The zero-order chi connectivity index (χ0) is 14.8.